The van der Waals surface area contributed by atoms with Gasteiger partial charge in [-0.1, -0.05) is 18.2 Å². The molecule has 2 heterocycles. The third-order valence-electron chi connectivity index (χ3n) is 2.79. The quantitative estimate of drug-likeness (QED) is 0.756. The molecular weight excluding hydrogens is 232 g/mol. The summed E-state index contributed by atoms with van der Waals surface area (Å²) in [6.07, 6.45) is 0. The lowest BCUT2D eigenvalue weighted by atomic mass is 10.1. The van der Waals surface area contributed by atoms with Crippen LogP contribution in [0.2, 0.25) is 0 Å². The van der Waals surface area contributed by atoms with Gasteiger partial charge in [0, 0.05) is 18.0 Å². The van der Waals surface area contributed by atoms with Crippen molar-refractivity contribution < 1.29 is 4.79 Å². The third-order valence-corrected chi connectivity index (χ3v) is 3.46. The molecule has 84 valence electrons. The number of nitrogens with zero attached hydrogens (tertiary/aromatic N) is 2. The van der Waals surface area contributed by atoms with E-state index in [0.29, 0.717) is 5.71 Å². The van der Waals surface area contributed by atoms with Crippen molar-refractivity contribution in [1.82, 2.24) is 0 Å². The zero-order valence-corrected chi connectivity index (χ0v) is 10.1. The average Bonchev–Trinajstić information content (AvgIpc) is 2.93. The molecule has 0 saturated heterocycles. The second-order valence-electron chi connectivity index (χ2n) is 3.71. The predicted octanol–water partition coefficient (Wildman–Crippen LogP) is 2.85. The van der Waals surface area contributed by atoms with Crippen molar-refractivity contribution in [3.63, 3.8) is 0 Å². The van der Waals surface area contributed by atoms with Gasteiger partial charge >= 0.3 is 0 Å². The highest BCUT2D eigenvalue weighted by atomic mass is 32.1. The van der Waals surface area contributed by atoms with Crippen LogP contribution in [-0.4, -0.2) is 18.7 Å². The monoisotopic (exact) mass is 242 g/mol. The van der Waals surface area contributed by atoms with Crippen LogP contribution in [0.5, 0.6) is 0 Å². The first kappa shape index (κ1) is 10.2. The molecule has 0 fully saturated rings. The molecule has 1 amide bonds. The van der Waals surface area contributed by atoms with E-state index in [4.69, 9.17) is 0 Å². The van der Waals surface area contributed by atoms with Crippen molar-refractivity contribution >= 4 is 34.3 Å². The molecule has 1 aliphatic rings. The fraction of sp³-hybridized carbons (Fsp3) is 0.0769. The van der Waals surface area contributed by atoms with Crippen LogP contribution in [0.15, 0.2) is 46.1 Å². The zero-order chi connectivity index (χ0) is 11.8. The highest BCUT2D eigenvalue weighted by molar-refractivity contribution is 7.08. The number of anilines is 2. The van der Waals surface area contributed by atoms with Crippen molar-refractivity contribution in [2.45, 2.75) is 0 Å². The Morgan fingerprint density at radius 2 is 2.06 bits per heavy atom. The van der Waals surface area contributed by atoms with E-state index < -0.39 is 0 Å². The first-order valence-corrected chi connectivity index (χ1v) is 6.20. The number of thiophene rings is 1. The van der Waals surface area contributed by atoms with E-state index in [-0.39, 0.29) is 5.91 Å². The van der Waals surface area contributed by atoms with Gasteiger partial charge in [0.05, 0.1) is 11.4 Å². The molecule has 1 aromatic carbocycles. The molecule has 17 heavy (non-hydrogen) atoms. The van der Waals surface area contributed by atoms with E-state index in [2.05, 4.69) is 4.99 Å². The van der Waals surface area contributed by atoms with E-state index in [1.54, 1.807) is 23.3 Å². The molecule has 0 saturated carbocycles. The number of hydrogen-bond donors (Lipinski definition) is 0. The van der Waals surface area contributed by atoms with E-state index in [1.807, 2.05) is 41.1 Å². The summed E-state index contributed by atoms with van der Waals surface area (Å²) >= 11 is 1.58. The fourth-order valence-corrected chi connectivity index (χ4v) is 2.68. The average molecular weight is 242 g/mol. The van der Waals surface area contributed by atoms with Crippen molar-refractivity contribution in [1.29, 1.82) is 0 Å². The molecular formula is C13H10N2OS. The number of para-hydroxylation sites is 1. The van der Waals surface area contributed by atoms with Gasteiger partial charge in [0.1, 0.15) is 5.71 Å². The maximum absolute atomic E-state index is 12.3. The summed E-state index contributed by atoms with van der Waals surface area (Å²) in [7, 11) is 1.65. The fourth-order valence-electron chi connectivity index (χ4n) is 2.06. The second-order valence-corrected chi connectivity index (χ2v) is 4.49. The molecule has 0 N–H and O–H groups in total. The topological polar surface area (TPSA) is 32.7 Å². The lowest BCUT2D eigenvalue weighted by Crippen LogP contribution is -2.24. The van der Waals surface area contributed by atoms with Gasteiger partial charge in [-0.2, -0.15) is 11.3 Å². The van der Waals surface area contributed by atoms with Crippen LogP contribution in [0.3, 0.4) is 0 Å². The van der Waals surface area contributed by atoms with Crippen molar-refractivity contribution in [2.24, 2.45) is 4.99 Å². The SMILES string of the molecule is CN=C1C(=O)N(c2ccsc2)c2ccccc21. The number of carbonyl (C=O) groups excluding carboxylic acids is 1. The maximum atomic E-state index is 12.3. The molecule has 4 heteroatoms. The summed E-state index contributed by atoms with van der Waals surface area (Å²) in [5.41, 5.74) is 3.26. The number of fused-ring (bicyclic) bond motifs is 1. The van der Waals surface area contributed by atoms with E-state index in [0.717, 1.165) is 16.9 Å². The van der Waals surface area contributed by atoms with Crippen molar-refractivity contribution in [3.8, 4) is 0 Å². The highest BCUT2D eigenvalue weighted by Gasteiger charge is 2.34. The van der Waals surface area contributed by atoms with Crippen LogP contribution in [0.25, 0.3) is 0 Å². The molecule has 1 aromatic heterocycles. The Morgan fingerprint density at radius 3 is 2.76 bits per heavy atom. The normalized spacial score (nSPS) is 16.6. The van der Waals surface area contributed by atoms with Gasteiger partial charge < -0.3 is 0 Å². The Bertz CT molecular complexity index is 602. The Balaban J connectivity index is 2.23. The van der Waals surface area contributed by atoms with Gasteiger partial charge in [0.25, 0.3) is 5.91 Å². The van der Waals surface area contributed by atoms with E-state index in [9.17, 15) is 4.79 Å². The Hall–Kier alpha value is -1.94. The standard InChI is InChI=1S/C13H10N2OS/c1-14-12-10-4-2-3-5-11(10)15(13(12)16)9-6-7-17-8-9/h2-8H,1H3. The van der Waals surface area contributed by atoms with Crippen LogP contribution in [0.4, 0.5) is 11.4 Å². The van der Waals surface area contributed by atoms with Crippen molar-refractivity contribution in [2.75, 3.05) is 11.9 Å². The van der Waals surface area contributed by atoms with Gasteiger partial charge in [-0.15, -0.1) is 0 Å². The van der Waals surface area contributed by atoms with E-state index >= 15 is 0 Å². The molecule has 1 aliphatic heterocycles. The Kier molecular flexibility index (Phi) is 2.30. The largest absolute Gasteiger partial charge is 0.282 e. The molecule has 3 nitrogen and oxygen atoms in total. The molecule has 0 radical (unpaired) electrons. The maximum Gasteiger partial charge on any atom is 0.281 e. The molecule has 0 bridgehead atoms. The smallest absolute Gasteiger partial charge is 0.281 e. The number of amides is 1. The molecule has 0 spiro atoms. The third kappa shape index (κ3) is 1.41. The first-order valence-electron chi connectivity index (χ1n) is 5.26. The van der Waals surface area contributed by atoms with Crippen LogP contribution >= 0.6 is 11.3 Å². The summed E-state index contributed by atoms with van der Waals surface area (Å²) in [6, 6.07) is 9.68. The Labute approximate surface area is 103 Å². The number of hydrogen-bond acceptors (Lipinski definition) is 3. The lowest BCUT2D eigenvalue weighted by Gasteiger charge is -2.14. The molecule has 0 unspecified atom stereocenters. The van der Waals surface area contributed by atoms with Crippen LogP contribution < -0.4 is 4.90 Å². The first-order chi connectivity index (χ1) is 8.33. The summed E-state index contributed by atoms with van der Waals surface area (Å²) in [6.45, 7) is 0. The van der Waals surface area contributed by atoms with Gasteiger partial charge in [-0.25, -0.2) is 0 Å². The van der Waals surface area contributed by atoms with Crippen LogP contribution in [0.1, 0.15) is 5.56 Å². The predicted molar refractivity (Wildman–Crippen MR) is 70.4 cm³/mol. The minimum atomic E-state index is -0.0490. The van der Waals surface area contributed by atoms with Gasteiger partial charge in [0.2, 0.25) is 0 Å². The summed E-state index contributed by atoms with van der Waals surface area (Å²) in [5.74, 6) is -0.0490. The minimum Gasteiger partial charge on any atom is -0.282 e. The molecule has 2 aromatic rings. The van der Waals surface area contributed by atoms with Crippen molar-refractivity contribution in [3.05, 3.63) is 46.7 Å². The van der Waals surface area contributed by atoms with Gasteiger partial charge in [0.15, 0.2) is 0 Å². The van der Waals surface area contributed by atoms with Crippen LogP contribution in [0, 0.1) is 0 Å². The number of rotatable bonds is 1. The minimum absolute atomic E-state index is 0.0490. The summed E-state index contributed by atoms with van der Waals surface area (Å²) < 4.78 is 0. The molecule has 3 rings (SSSR count). The van der Waals surface area contributed by atoms with Gasteiger partial charge in [-0.05, 0) is 17.5 Å². The lowest BCUT2D eigenvalue weighted by molar-refractivity contribution is -0.111. The molecule has 0 atom stereocenters. The van der Waals surface area contributed by atoms with Gasteiger partial charge in [-0.3, -0.25) is 14.7 Å². The van der Waals surface area contributed by atoms with E-state index in [1.165, 1.54) is 0 Å². The summed E-state index contributed by atoms with van der Waals surface area (Å²) in [4.78, 5) is 18.1. The highest BCUT2D eigenvalue weighted by Crippen LogP contribution is 2.36. The second kappa shape index (κ2) is 3.82. The Morgan fingerprint density at radius 1 is 1.24 bits per heavy atom. The summed E-state index contributed by atoms with van der Waals surface area (Å²) in [5, 5.41) is 3.93. The van der Waals surface area contributed by atoms with Crippen LogP contribution in [-0.2, 0) is 4.79 Å². The molecule has 0 aliphatic carbocycles. The number of benzene rings is 1. The number of carbonyl (C=O) groups is 1. The zero-order valence-electron chi connectivity index (χ0n) is 9.25. The number of aliphatic imine (C=N–C) groups is 1.